The summed E-state index contributed by atoms with van der Waals surface area (Å²) in [7, 11) is 0. The zero-order chi connectivity index (χ0) is 15.0. The van der Waals surface area contributed by atoms with Crippen LogP contribution in [0.5, 0.6) is 0 Å². The van der Waals surface area contributed by atoms with Crippen molar-refractivity contribution < 1.29 is 9.90 Å². The number of benzene rings is 1. The minimum absolute atomic E-state index is 0.0242. The van der Waals surface area contributed by atoms with Crippen molar-refractivity contribution in [3.05, 3.63) is 34.9 Å². The second-order valence-corrected chi connectivity index (χ2v) is 6.47. The van der Waals surface area contributed by atoms with E-state index in [-0.39, 0.29) is 18.6 Å². The van der Waals surface area contributed by atoms with Crippen molar-refractivity contribution in [2.75, 3.05) is 12.4 Å². The summed E-state index contributed by atoms with van der Waals surface area (Å²) in [5.41, 5.74) is 1.16. The molecule has 5 heteroatoms. The van der Waals surface area contributed by atoms with Crippen LogP contribution in [0.2, 0.25) is 5.02 Å². The third-order valence-corrected chi connectivity index (χ3v) is 4.26. The molecular weight excluding hydrogens is 294 g/mol. The molecule has 0 aromatic heterocycles. The molecule has 1 atom stereocenters. The van der Waals surface area contributed by atoms with E-state index in [2.05, 4.69) is 5.32 Å². The lowest BCUT2D eigenvalue weighted by atomic mass is 10.0. The fourth-order valence-corrected chi connectivity index (χ4v) is 2.73. The summed E-state index contributed by atoms with van der Waals surface area (Å²) in [4.78, 5) is 11.8. The highest BCUT2D eigenvalue weighted by Gasteiger charge is 2.15. The van der Waals surface area contributed by atoms with E-state index in [0.29, 0.717) is 18.1 Å². The lowest BCUT2D eigenvalue weighted by molar-refractivity contribution is -0.119. The minimum atomic E-state index is 0.0242. The first kappa shape index (κ1) is 17.3. The molecule has 2 N–H and O–H groups in total. The van der Waals surface area contributed by atoms with Gasteiger partial charge in [-0.3, -0.25) is 4.79 Å². The molecule has 0 bridgehead atoms. The van der Waals surface area contributed by atoms with Gasteiger partial charge in [0.15, 0.2) is 0 Å². The molecule has 0 heterocycles. The third kappa shape index (κ3) is 6.64. The van der Waals surface area contributed by atoms with Gasteiger partial charge in [0.05, 0.1) is 5.75 Å². The van der Waals surface area contributed by atoms with Gasteiger partial charge in [-0.1, -0.05) is 37.6 Å². The fourth-order valence-electron chi connectivity index (χ4n) is 1.80. The Bertz CT molecular complexity index is 409. The van der Waals surface area contributed by atoms with Crippen molar-refractivity contribution in [1.82, 2.24) is 5.32 Å². The van der Waals surface area contributed by atoms with Crippen molar-refractivity contribution in [1.29, 1.82) is 0 Å². The lowest BCUT2D eigenvalue weighted by Crippen LogP contribution is -2.40. The van der Waals surface area contributed by atoms with Crippen molar-refractivity contribution in [2.45, 2.75) is 32.1 Å². The van der Waals surface area contributed by atoms with Crippen LogP contribution in [0, 0.1) is 5.92 Å². The number of thioether (sulfide) groups is 1. The molecule has 0 fully saturated rings. The van der Waals surface area contributed by atoms with E-state index in [0.717, 1.165) is 16.3 Å². The molecule has 3 nitrogen and oxygen atoms in total. The summed E-state index contributed by atoms with van der Waals surface area (Å²) in [5, 5.41) is 12.7. The normalized spacial score (nSPS) is 12.4. The van der Waals surface area contributed by atoms with Gasteiger partial charge in [-0.15, -0.1) is 11.8 Å². The number of amides is 1. The smallest absolute Gasteiger partial charge is 0.230 e. The maximum absolute atomic E-state index is 11.8. The molecule has 0 radical (unpaired) electrons. The first-order chi connectivity index (χ1) is 9.52. The number of aliphatic hydroxyl groups excluding tert-OH is 1. The van der Waals surface area contributed by atoms with Crippen LogP contribution in [0.25, 0.3) is 0 Å². The van der Waals surface area contributed by atoms with Crippen LogP contribution in [-0.2, 0) is 10.5 Å². The molecule has 20 heavy (non-hydrogen) atoms. The zero-order valence-electron chi connectivity index (χ0n) is 11.9. The average Bonchev–Trinajstić information content (AvgIpc) is 2.40. The molecular formula is C15H22ClNO2S. The van der Waals surface area contributed by atoms with E-state index >= 15 is 0 Å². The Labute approximate surface area is 130 Å². The number of halogens is 1. The predicted molar refractivity (Wildman–Crippen MR) is 86.1 cm³/mol. The van der Waals surface area contributed by atoms with Gasteiger partial charge >= 0.3 is 0 Å². The minimum Gasteiger partial charge on any atom is -0.396 e. The molecule has 1 aromatic rings. The van der Waals surface area contributed by atoms with E-state index in [9.17, 15) is 4.79 Å². The second kappa shape index (κ2) is 9.27. The lowest BCUT2D eigenvalue weighted by Gasteiger charge is -2.21. The van der Waals surface area contributed by atoms with Crippen LogP contribution in [-0.4, -0.2) is 29.4 Å². The number of nitrogens with one attached hydrogen (secondary N) is 1. The van der Waals surface area contributed by atoms with Crippen LogP contribution >= 0.6 is 23.4 Å². The second-order valence-electron chi connectivity index (χ2n) is 5.05. The topological polar surface area (TPSA) is 49.3 Å². The molecule has 0 saturated carbocycles. The fraction of sp³-hybridized carbons (Fsp3) is 0.533. The van der Waals surface area contributed by atoms with Crippen LogP contribution in [0.1, 0.15) is 25.8 Å². The molecule has 1 unspecified atom stereocenters. The summed E-state index contributed by atoms with van der Waals surface area (Å²) in [6.45, 7) is 4.18. The quantitative estimate of drug-likeness (QED) is 0.775. The number of rotatable bonds is 8. The molecule has 0 saturated heterocycles. The molecule has 1 rings (SSSR count). The highest BCUT2D eigenvalue weighted by Crippen LogP contribution is 2.15. The van der Waals surface area contributed by atoms with E-state index in [1.807, 2.05) is 38.1 Å². The first-order valence-electron chi connectivity index (χ1n) is 6.75. The van der Waals surface area contributed by atoms with E-state index in [1.165, 1.54) is 0 Å². The van der Waals surface area contributed by atoms with Crippen LogP contribution < -0.4 is 5.32 Å². The average molecular weight is 316 g/mol. The first-order valence-corrected chi connectivity index (χ1v) is 8.28. The molecule has 112 valence electrons. The standard InChI is InChI=1S/C15H22ClNO2S/c1-11(2)14(7-8-18)17-15(19)10-20-9-12-3-5-13(16)6-4-12/h3-6,11,14,18H,7-10H2,1-2H3,(H,17,19). The van der Waals surface area contributed by atoms with Gasteiger partial charge in [-0.05, 0) is 30.0 Å². The van der Waals surface area contributed by atoms with Gasteiger partial charge < -0.3 is 10.4 Å². The third-order valence-electron chi connectivity index (χ3n) is 3.01. The Balaban J connectivity index is 2.30. The maximum atomic E-state index is 11.8. The number of carbonyl (C=O) groups excluding carboxylic acids is 1. The molecule has 0 spiro atoms. The summed E-state index contributed by atoms with van der Waals surface area (Å²) in [6.07, 6.45) is 0.602. The highest BCUT2D eigenvalue weighted by molar-refractivity contribution is 7.99. The van der Waals surface area contributed by atoms with Gasteiger partial charge in [0, 0.05) is 23.4 Å². The van der Waals surface area contributed by atoms with Crippen LogP contribution in [0.15, 0.2) is 24.3 Å². The summed E-state index contributed by atoms with van der Waals surface area (Å²) < 4.78 is 0. The monoisotopic (exact) mass is 315 g/mol. The zero-order valence-corrected chi connectivity index (χ0v) is 13.5. The van der Waals surface area contributed by atoms with E-state index in [4.69, 9.17) is 16.7 Å². The Hall–Kier alpha value is -0.710. The molecule has 1 aromatic carbocycles. The van der Waals surface area contributed by atoms with Crippen molar-refractivity contribution in [3.8, 4) is 0 Å². The molecule has 0 aliphatic heterocycles. The van der Waals surface area contributed by atoms with Crippen molar-refractivity contribution >= 4 is 29.3 Å². The van der Waals surface area contributed by atoms with Gasteiger partial charge in [0.2, 0.25) is 5.91 Å². The van der Waals surface area contributed by atoms with Crippen LogP contribution in [0.4, 0.5) is 0 Å². The highest BCUT2D eigenvalue weighted by atomic mass is 35.5. The summed E-state index contributed by atoms with van der Waals surface area (Å²) >= 11 is 7.40. The number of aliphatic hydroxyl groups is 1. The van der Waals surface area contributed by atoms with Gasteiger partial charge in [0.25, 0.3) is 0 Å². The molecule has 0 aliphatic rings. The number of carbonyl (C=O) groups is 1. The number of hydrogen-bond acceptors (Lipinski definition) is 3. The van der Waals surface area contributed by atoms with E-state index in [1.54, 1.807) is 11.8 Å². The Morgan fingerprint density at radius 2 is 2.00 bits per heavy atom. The van der Waals surface area contributed by atoms with Crippen LogP contribution in [0.3, 0.4) is 0 Å². The van der Waals surface area contributed by atoms with Gasteiger partial charge in [-0.25, -0.2) is 0 Å². The van der Waals surface area contributed by atoms with Crippen molar-refractivity contribution in [3.63, 3.8) is 0 Å². The summed E-state index contributed by atoms with van der Waals surface area (Å²) in [6, 6.07) is 7.69. The summed E-state index contributed by atoms with van der Waals surface area (Å²) in [5.74, 6) is 1.57. The number of hydrogen-bond donors (Lipinski definition) is 2. The van der Waals surface area contributed by atoms with Gasteiger partial charge in [-0.2, -0.15) is 0 Å². The molecule has 1 amide bonds. The largest absolute Gasteiger partial charge is 0.396 e. The maximum Gasteiger partial charge on any atom is 0.230 e. The van der Waals surface area contributed by atoms with Crippen molar-refractivity contribution in [2.24, 2.45) is 5.92 Å². The Morgan fingerprint density at radius 3 is 2.55 bits per heavy atom. The predicted octanol–water partition coefficient (Wildman–Crippen LogP) is 3.10. The Morgan fingerprint density at radius 1 is 1.35 bits per heavy atom. The molecule has 0 aliphatic carbocycles. The SMILES string of the molecule is CC(C)C(CCO)NC(=O)CSCc1ccc(Cl)cc1. The Kier molecular flexibility index (Phi) is 8.04. The van der Waals surface area contributed by atoms with Gasteiger partial charge in [0.1, 0.15) is 0 Å². The van der Waals surface area contributed by atoms with E-state index < -0.39 is 0 Å².